The molecule has 0 aromatic carbocycles. The fourth-order valence-electron chi connectivity index (χ4n) is 2.58. The van der Waals surface area contributed by atoms with Gasteiger partial charge in [0.1, 0.15) is 0 Å². The van der Waals surface area contributed by atoms with E-state index in [1.807, 2.05) is 0 Å². The first-order valence-corrected chi connectivity index (χ1v) is 6.76. The largest absolute Gasteiger partial charge is 0.352 e. The van der Waals surface area contributed by atoms with Crippen LogP contribution in [-0.2, 0) is 4.79 Å². The Morgan fingerprint density at radius 3 is 2.56 bits per heavy atom. The number of nitrogens with one attached hydrogen (secondary N) is 2. The van der Waals surface area contributed by atoms with Crippen molar-refractivity contribution in [1.29, 1.82) is 0 Å². The summed E-state index contributed by atoms with van der Waals surface area (Å²) in [6.45, 7) is 3.79. The van der Waals surface area contributed by atoms with Crippen LogP contribution in [0.25, 0.3) is 0 Å². The van der Waals surface area contributed by atoms with Crippen molar-refractivity contribution < 1.29 is 4.79 Å². The van der Waals surface area contributed by atoms with Gasteiger partial charge >= 0.3 is 0 Å². The number of carbonyl (C=O) groups excluding carboxylic acids is 1. The van der Waals surface area contributed by atoms with Gasteiger partial charge in [0.15, 0.2) is 0 Å². The summed E-state index contributed by atoms with van der Waals surface area (Å²) >= 11 is 0. The number of hydrogen-bond acceptors (Lipinski definition) is 2. The van der Waals surface area contributed by atoms with E-state index in [-0.39, 0.29) is 5.91 Å². The van der Waals surface area contributed by atoms with E-state index in [0.717, 1.165) is 18.4 Å². The van der Waals surface area contributed by atoms with Gasteiger partial charge in [-0.1, -0.05) is 26.2 Å². The Morgan fingerprint density at radius 2 is 1.94 bits per heavy atom. The molecule has 0 aromatic heterocycles. The lowest BCUT2D eigenvalue weighted by atomic mass is 9.95. The molecule has 0 aromatic rings. The molecule has 2 rings (SSSR count). The van der Waals surface area contributed by atoms with E-state index in [1.165, 1.54) is 38.5 Å². The fraction of sp³-hybridized carbons (Fsp3) is 0.923. The third kappa shape index (κ3) is 3.78. The van der Waals surface area contributed by atoms with E-state index in [9.17, 15) is 4.79 Å². The zero-order chi connectivity index (χ0) is 11.4. The molecule has 2 N–H and O–H groups in total. The van der Waals surface area contributed by atoms with Gasteiger partial charge < -0.3 is 10.6 Å². The maximum atomic E-state index is 11.6. The molecule has 2 aliphatic rings. The highest BCUT2D eigenvalue weighted by Crippen LogP contribution is 2.36. The molecule has 0 spiro atoms. The smallest absolute Gasteiger partial charge is 0.234 e. The second kappa shape index (κ2) is 5.67. The van der Waals surface area contributed by atoms with Crippen LogP contribution in [0, 0.1) is 11.8 Å². The van der Waals surface area contributed by atoms with Gasteiger partial charge in [-0.2, -0.15) is 0 Å². The topological polar surface area (TPSA) is 41.1 Å². The normalized spacial score (nSPS) is 30.1. The van der Waals surface area contributed by atoms with Crippen molar-refractivity contribution in [2.45, 2.75) is 51.5 Å². The van der Waals surface area contributed by atoms with Gasteiger partial charge in [-0.15, -0.1) is 0 Å². The summed E-state index contributed by atoms with van der Waals surface area (Å²) in [6, 6.07) is 0.447. The summed E-state index contributed by atoms with van der Waals surface area (Å²) in [7, 11) is 0. The van der Waals surface area contributed by atoms with Crippen LogP contribution in [-0.4, -0.2) is 25.0 Å². The highest BCUT2D eigenvalue weighted by atomic mass is 16.1. The van der Waals surface area contributed by atoms with Gasteiger partial charge in [0, 0.05) is 6.04 Å². The molecule has 3 heteroatoms. The summed E-state index contributed by atoms with van der Waals surface area (Å²) in [6.07, 6.45) is 7.56. The minimum absolute atomic E-state index is 0.181. The van der Waals surface area contributed by atoms with Crippen molar-refractivity contribution in [1.82, 2.24) is 10.6 Å². The van der Waals surface area contributed by atoms with Gasteiger partial charge in [0.2, 0.25) is 5.91 Å². The summed E-state index contributed by atoms with van der Waals surface area (Å²) < 4.78 is 0. The summed E-state index contributed by atoms with van der Waals surface area (Å²) in [5, 5.41) is 6.38. The van der Waals surface area contributed by atoms with Crippen molar-refractivity contribution in [3.8, 4) is 0 Å². The van der Waals surface area contributed by atoms with Crippen LogP contribution in [0.5, 0.6) is 0 Å². The van der Waals surface area contributed by atoms with Gasteiger partial charge in [0.05, 0.1) is 6.54 Å². The Morgan fingerprint density at radius 1 is 1.25 bits per heavy atom. The average molecular weight is 224 g/mol. The van der Waals surface area contributed by atoms with E-state index >= 15 is 0 Å². The Balaban J connectivity index is 1.53. The van der Waals surface area contributed by atoms with Gasteiger partial charge in [-0.05, 0) is 37.6 Å². The Bertz CT molecular complexity index is 236. The molecule has 2 atom stereocenters. The molecule has 1 amide bonds. The fourth-order valence-corrected chi connectivity index (χ4v) is 2.58. The maximum absolute atomic E-state index is 11.6. The second-order valence-electron chi connectivity index (χ2n) is 5.51. The molecule has 2 fully saturated rings. The van der Waals surface area contributed by atoms with Crippen molar-refractivity contribution in [2.24, 2.45) is 11.8 Å². The van der Waals surface area contributed by atoms with Gasteiger partial charge in [-0.25, -0.2) is 0 Å². The molecule has 0 radical (unpaired) electrons. The lowest BCUT2D eigenvalue weighted by Gasteiger charge is -2.22. The molecule has 0 aliphatic heterocycles. The average Bonchev–Trinajstić information content (AvgIpc) is 2.96. The molecule has 2 saturated carbocycles. The first-order chi connectivity index (χ1) is 7.75. The zero-order valence-electron chi connectivity index (χ0n) is 10.3. The minimum Gasteiger partial charge on any atom is -0.352 e. The van der Waals surface area contributed by atoms with Crippen molar-refractivity contribution >= 4 is 5.91 Å². The number of carbonyl (C=O) groups is 1. The Kier molecular flexibility index (Phi) is 4.22. The van der Waals surface area contributed by atoms with Gasteiger partial charge in [0.25, 0.3) is 0 Å². The van der Waals surface area contributed by atoms with Crippen LogP contribution in [0.15, 0.2) is 0 Å². The van der Waals surface area contributed by atoms with E-state index in [0.29, 0.717) is 12.6 Å². The third-order valence-electron chi connectivity index (χ3n) is 3.94. The Labute approximate surface area is 98.4 Å². The molecule has 0 bridgehead atoms. The molecule has 0 saturated heterocycles. The molecular formula is C13H24N2O. The van der Waals surface area contributed by atoms with Gasteiger partial charge in [-0.3, -0.25) is 4.79 Å². The highest BCUT2D eigenvalue weighted by Gasteiger charge is 2.31. The summed E-state index contributed by atoms with van der Waals surface area (Å²) in [5.74, 6) is 1.87. The SMILES string of the molecule is CC1CC1CNCC(=O)NC1CCCCC1. The van der Waals surface area contributed by atoms with E-state index in [1.54, 1.807) is 0 Å². The van der Waals surface area contributed by atoms with E-state index in [4.69, 9.17) is 0 Å². The third-order valence-corrected chi connectivity index (χ3v) is 3.94. The maximum Gasteiger partial charge on any atom is 0.234 e. The van der Waals surface area contributed by atoms with E-state index in [2.05, 4.69) is 17.6 Å². The molecular weight excluding hydrogens is 200 g/mol. The molecule has 0 heterocycles. The van der Waals surface area contributed by atoms with Crippen LogP contribution < -0.4 is 10.6 Å². The summed E-state index contributed by atoms with van der Waals surface area (Å²) in [4.78, 5) is 11.6. The van der Waals surface area contributed by atoms with Crippen LogP contribution in [0.4, 0.5) is 0 Å². The standard InChI is InChI=1S/C13H24N2O/c1-10-7-11(10)8-14-9-13(16)15-12-5-3-2-4-6-12/h10-12,14H,2-9H2,1H3,(H,15,16). The van der Waals surface area contributed by atoms with Crippen molar-refractivity contribution in [2.75, 3.05) is 13.1 Å². The molecule has 92 valence electrons. The first kappa shape index (κ1) is 11.9. The van der Waals surface area contributed by atoms with Crippen LogP contribution in [0.1, 0.15) is 45.4 Å². The monoisotopic (exact) mass is 224 g/mol. The second-order valence-corrected chi connectivity index (χ2v) is 5.51. The van der Waals surface area contributed by atoms with E-state index < -0.39 is 0 Å². The zero-order valence-corrected chi connectivity index (χ0v) is 10.3. The van der Waals surface area contributed by atoms with Crippen molar-refractivity contribution in [3.63, 3.8) is 0 Å². The van der Waals surface area contributed by atoms with Crippen LogP contribution in [0.2, 0.25) is 0 Å². The number of rotatable bonds is 5. The Hall–Kier alpha value is -0.570. The molecule has 16 heavy (non-hydrogen) atoms. The van der Waals surface area contributed by atoms with Crippen molar-refractivity contribution in [3.05, 3.63) is 0 Å². The van der Waals surface area contributed by atoms with Crippen LogP contribution in [0.3, 0.4) is 0 Å². The number of amides is 1. The predicted molar refractivity (Wildman–Crippen MR) is 65.2 cm³/mol. The quantitative estimate of drug-likeness (QED) is 0.746. The predicted octanol–water partition coefficient (Wildman–Crippen LogP) is 1.68. The molecule has 2 unspecified atom stereocenters. The first-order valence-electron chi connectivity index (χ1n) is 6.76. The molecule has 2 aliphatic carbocycles. The lowest BCUT2D eigenvalue weighted by molar-refractivity contribution is -0.121. The number of hydrogen-bond donors (Lipinski definition) is 2. The van der Waals surface area contributed by atoms with Crippen LogP contribution >= 0.6 is 0 Å². The summed E-state index contributed by atoms with van der Waals surface area (Å²) in [5.41, 5.74) is 0. The minimum atomic E-state index is 0.181. The molecule has 3 nitrogen and oxygen atoms in total. The lowest BCUT2D eigenvalue weighted by Crippen LogP contribution is -2.41. The highest BCUT2D eigenvalue weighted by molar-refractivity contribution is 5.78.